The first kappa shape index (κ1) is 19.0. The van der Waals surface area contributed by atoms with Gasteiger partial charge in [-0.15, -0.1) is 0 Å². The fourth-order valence-corrected chi connectivity index (χ4v) is 3.66. The molecule has 3 rings (SSSR count). The molecular formula is C17H18ClF3N2O3. The van der Waals surface area contributed by atoms with Crippen molar-refractivity contribution in [3.8, 4) is 0 Å². The Kier molecular flexibility index (Phi) is 5.43. The van der Waals surface area contributed by atoms with Gasteiger partial charge in [0, 0.05) is 11.7 Å². The second-order valence-corrected chi connectivity index (χ2v) is 6.89. The van der Waals surface area contributed by atoms with E-state index in [2.05, 4.69) is 5.32 Å². The van der Waals surface area contributed by atoms with Crippen LogP contribution in [0.5, 0.6) is 0 Å². The van der Waals surface area contributed by atoms with E-state index < -0.39 is 34.7 Å². The van der Waals surface area contributed by atoms with Crippen molar-refractivity contribution in [2.75, 3.05) is 18.5 Å². The van der Waals surface area contributed by atoms with E-state index in [1.54, 1.807) is 0 Å². The zero-order valence-corrected chi connectivity index (χ0v) is 14.6. The number of halogens is 4. The van der Waals surface area contributed by atoms with Crippen LogP contribution < -0.4 is 5.32 Å². The minimum Gasteiger partial charge on any atom is -0.463 e. The van der Waals surface area contributed by atoms with Gasteiger partial charge in [-0.05, 0) is 37.6 Å². The summed E-state index contributed by atoms with van der Waals surface area (Å²) in [5.74, 6) is -1.01. The molecule has 2 atom stereocenters. The Morgan fingerprint density at radius 3 is 2.85 bits per heavy atom. The second kappa shape index (κ2) is 7.44. The highest BCUT2D eigenvalue weighted by Crippen LogP contribution is 2.36. The minimum atomic E-state index is -4.62. The van der Waals surface area contributed by atoms with Gasteiger partial charge in [-0.25, -0.2) is 0 Å². The molecule has 1 aromatic rings. The summed E-state index contributed by atoms with van der Waals surface area (Å²) < 4.78 is 43.9. The van der Waals surface area contributed by atoms with Gasteiger partial charge in [-0.2, -0.15) is 13.2 Å². The predicted octanol–water partition coefficient (Wildman–Crippen LogP) is 3.47. The van der Waals surface area contributed by atoms with Crippen molar-refractivity contribution in [2.45, 2.75) is 43.9 Å². The van der Waals surface area contributed by atoms with Crippen LogP contribution >= 0.6 is 11.6 Å². The van der Waals surface area contributed by atoms with Gasteiger partial charge in [0.1, 0.15) is 12.6 Å². The number of hydrogen-bond donors (Lipinski definition) is 1. The van der Waals surface area contributed by atoms with Crippen molar-refractivity contribution >= 4 is 29.2 Å². The molecule has 1 N–H and O–H groups in total. The number of carbonyl (C=O) groups is 2. The molecule has 2 unspecified atom stereocenters. The number of nitrogens with one attached hydrogen (secondary N) is 1. The van der Waals surface area contributed by atoms with Gasteiger partial charge in [0.15, 0.2) is 0 Å². The van der Waals surface area contributed by atoms with Gasteiger partial charge in [0.25, 0.3) is 0 Å². The van der Waals surface area contributed by atoms with E-state index >= 15 is 0 Å². The monoisotopic (exact) mass is 390 g/mol. The minimum absolute atomic E-state index is 0.0221. The van der Waals surface area contributed by atoms with Gasteiger partial charge in [0.2, 0.25) is 5.91 Å². The van der Waals surface area contributed by atoms with Gasteiger partial charge in [-0.3, -0.25) is 14.5 Å². The topological polar surface area (TPSA) is 58.6 Å². The fourth-order valence-electron chi connectivity index (χ4n) is 3.43. The van der Waals surface area contributed by atoms with Crippen LogP contribution in [0.2, 0.25) is 5.02 Å². The maximum atomic E-state index is 12.9. The number of piperidine rings is 1. The van der Waals surface area contributed by atoms with E-state index in [0.717, 1.165) is 31.4 Å². The molecule has 26 heavy (non-hydrogen) atoms. The largest absolute Gasteiger partial charge is 0.463 e. The number of nitrogens with zero attached hydrogens (tertiary/aromatic N) is 1. The van der Waals surface area contributed by atoms with E-state index in [4.69, 9.17) is 16.3 Å². The molecule has 0 aliphatic carbocycles. The summed E-state index contributed by atoms with van der Waals surface area (Å²) in [6, 6.07) is 2.55. The van der Waals surface area contributed by atoms with E-state index in [9.17, 15) is 22.8 Å². The number of ether oxygens (including phenoxy) is 1. The lowest BCUT2D eigenvalue weighted by Crippen LogP contribution is -2.57. The highest BCUT2D eigenvalue weighted by Gasteiger charge is 2.40. The summed E-state index contributed by atoms with van der Waals surface area (Å²) >= 11 is 5.57. The summed E-state index contributed by atoms with van der Waals surface area (Å²) in [6.07, 6.45) is -1.90. The number of carbonyl (C=O) groups excluding carboxylic acids is 2. The first-order valence-corrected chi connectivity index (χ1v) is 8.72. The summed E-state index contributed by atoms with van der Waals surface area (Å²) in [7, 11) is 0. The average Bonchev–Trinajstić information content (AvgIpc) is 2.58. The second-order valence-electron chi connectivity index (χ2n) is 6.48. The molecule has 1 aromatic carbocycles. The number of amides is 1. The fraction of sp³-hybridized carbons (Fsp3) is 0.529. The Labute approximate surface area is 153 Å². The summed E-state index contributed by atoms with van der Waals surface area (Å²) in [5, 5.41) is 1.97. The number of rotatable bonds is 3. The van der Waals surface area contributed by atoms with Gasteiger partial charge >= 0.3 is 12.1 Å². The number of esters is 1. The van der Waals surface area contributed by atoms with E-state index in [-0.39, 0.29) is 18.2 Å². The van der Waals surface area contributed by atoms with Crippen LogP contribution in [-0.4, -0.2) is 42.0 Å². The Morgan fingerprint density at radius 2 is 2.12 bits per heavy atom. The molecule has 2 saturated heterocycles. The molecule has 0 saturated carbocycles. The summed E-state index contributed by atoms with van der Waals surface area (Å²) in [4.78, 5) is 26.3. The average molecular weight is 391 g/mol. The zero-order chi connectivity index (χ0) is 18.9. The SMILES string of the molecule is O=C(CC1C(=O)OCC2CCCCN21)Nc1ccc(Cl)c(C(F)(F)F)c1. The Hall–Kier alpha value is -1.80. The van der Waals surface area contributed by atoms with Crippen molar-refractivity contribution in [2.24, 2.45) is 0 Å². The third kappa shape index (κ3) is 4.12. The third-order valence-corrected chi connectivity index (χ3v) is 5.03. The number of alkyl halides is 3. The van der Waals surface area contributed by atoms with Crippen molar-refractivity contribution in [3.63, 3.8) is 0 Å². The van der Waals surface area contributed by atoms with Gasteiger partial charge in [0.05, 0.1) is 17.0 Å². The molecule has 9 heteroatoms. The smallest absolute Gasteiger partial charge is 0.417 e. The molecule has 5 nitrogen and oxygen atoms in total. The lowest BCUT2D eigenvalue weighted by atomic mass is 9.97. The number of morpholine rings is 1. The molecular weight excluding hydrogens is 373 g/mol. The predicted molar refractivity (Wildman–Crippen MR) is 88.8 cm³/mol. The van der Waals surface area contributed by atoms with Crippen LogP contribution in [0.15, 0.2) is 18.2 Å². The van der Waals surface area contributed by atoms with Gasteiger partial charge < -0.3 is 10.1 Å². The molecule has 2 aliphatic heterocycles. The normalized spacial score (nSPS) is 23.9. The highest BCUT2D eigenvalue weighted by molar-refractivity contribution is 6.31. The molecule has 142 valence electrons. The lowest BCUT2D eigenvalue weighted by Gasteiger charge is -2.43. The molecule has 0 bridgehead atoms. The lowest BCUT2D eigenvalue weighted by molar-refractivity contribution is -0.165. The van der Waals surface area contributed by atoms with E-state index in [1.165, 1.54) is 6.07 Å². The molecule has 0 spiro atoms. The van der Waals surface area contributed by atoms with Crippen LogP contribution in [0.1, 0.15) is 31.2 Å². The van der Waals surface area contributed by atoms with Crippen LogP contribution in [0.3, 0.4) is 0 Å². The molecule has 2 fully saturated rings. The molecule has 2 heterocycles. The Bertz CT molecular complexity index is 711. The standard InChI is InChI=1S/C17H18ClF3N2O3/c18-13-5-4-10(7-12(13)17(19,20)21)22-15(24)8-14-16(25)26-9-11-3-1-2-6-23(11)14/h4-5,7,11,14H,1-3,6,8-9H2,(H,22,24). The van der Waals surface area contributed by atoms with Crippen molar-refractivity contribution < 1.29 is 27.5 Å². The van der Waals surface area contributed by atoms with Crippen LogP contribution in [-0.2, 0) is 20.5 Å². The number of cyclic esters (lactones) is 1. The molecule has 2 aliphatic rings. The Balaban J connectivity index is 1.69. The van der Waals surface area contributed by atoms with Crippen molar-refractivity contribution in [3.05, 3.63) is 28.8 Å². The number of hydrogen-bond acceptors (Lipinski definition) is 4. The van der Waals surface area contributed by atoms with Crippen LogP contribution in [0.4, 0.5) is 18.9 Å². The first-order chi connectivity index (χ1) is 12.3. The number of benzene rings is 1. The summed E-state index contributed by atoms with van der Waals surface area (Å²) in [5.41, 5.74) is -1.05. The highest BCUT2D eigenvalue weighted by atomic mass is 35.5. The van der Waals surface area contributed by atoms with E-state index in [1.807, 2.05) is 4.90 Å². The van der Waals surface area contributed by atoms with Crippen LogP contribution in [0.25, 0.3) is 0 Å². The molecule has 1 amide bonds. The quantitative estimate of drug-likeness (QED) is 0.803. The summed E-state index contributed by atoms with van der Waals surface area (Å²) in [6.45, 7) is 1.03. The van der Waals surface area contributed by atoms with Crippen molar-refractivity contribution in [1.29, 1.82) is 0 Å². The maximum absolute atomic E-state index is 12.9. The number of fused-ring (bicyclic) bond motifs is 1. The zero-order valence-electron chi connectivity index (χ0n) is 13.8. The number of anilines is 1. The third-order valence-electron chi connectivity index (χ3n) is 4.70. The first-order valence-electron chi connectivity index (χ1n) is 8.34. The molecule has 0 aromatic heterocycles. The van der Waals surface area contributed by atoms with Gasteiger partial charge in [-0.1, -0.05) is 18.0 Å². The molecule has 0 radical (unpaired) electrons. The van der Waals surface area contributed by atoms with Crippen LogP contribution in [0, 0.1) is 0 Å². The maximum Gasteiger partial charge on any atom is 0.417 e. The van der Waals surface area contributed by atoms with Crippen molar-refractivity contribution in [1.82, 2.24) is 4.90 Å². The Morgan fingerprint density at radius 1 is 1.35 bits per heavy atom. The van der Waals surface area contributed by atoms with E-state index in [0.29, 0.717) is 13.2 Å².